The summed E-state index contributed by atoms with van der Waals surface area (Å²) >= 11 is 5.75. The summed E-state index contributed by atoms with van der Waals surface area (Å²) < 4.78 is 0. The van der Waals surface area contributed by atoms with Crippen molar-refractivity contribution in [3.8, 4) is 0 Å². The molecule has 4 heteroatoms. The van der Waals surface area contributed by atoms with Gasteiger partial charge in [0.15, 0.2) is 0 Å². The number of hydrogen-bond donors (Lipinski definition) is 0. The summed E-state index contributed by atoms with van der Waals surface area (Å²) in [5.41, 5.74) is 0.0826. The van der Waals surface area contributed by atoms with Crippen LogP contribution in [0.4, 0.5) is 0 Å². The first-order chi connectivity index (χ1) is 7.92. The molecule has 0 aromatic carbocycles. The largest absolute Gasteiger partial charge is 0.341 e. The first-order valence-corrected chi connectivity index (χ1v) is 7.02. The zero-order valence-electron chi connectivity index (χ0n) is 11.3. The zero-order valence-corrected chi connectivity index (χ0v) is 12.1. The summed E-state index contributed by atoms with van der Waals surface area (Å²) in [7, 11) is 0. The molecule has 0 N–H and O–H groups in total. The van der Waals surface area contributed by atoms with E-state index in [1.54, 1.807) is 0 Å². The number of halogens is 1. The van der Waals surface area contributed by atoms with Crippen LogP contribution in [0.1, 0.15) is 33.6 Å². The molecule has 100 valence electrons. The lowest BCUT2D eigenvalue weighted by atomic mass is 9.91. The highest BCUT2D eigenvalue weighted by Gasteiger charge is 2.23. The molecule has 0 unspecified atom stereocenters. The molecule has 0 radical (unpaired) electrons. The molecular weight excluding hydrogens is 236 g/mol. The molecule has 0 aliphatic carbocycles. The number of hydrogen-bond acceptors (Lipinski definition) is 2. The molecule has 0 aromatic heterocycles. The molecule has 0 bridgehead atoms. The Morgan fingerprint density at radius 3 is 2.47 bits per heavy atom. The highest BCUT2D eigenvalue weighted by Crippen LogP contribution is 2.20. The summed E-state index contributed by atoms with van der Waals surface area (Å²) in [4.78, 5) is 16.5. The van der Waals surface area contributed by atoms with Crippen LogP contribution < -0.4 is 0 Å². The van der Waals surface area contributed by atoms with Crippen LogP contribution in [0.15, 0.2) is 0 Å². The van der Waals surface area contributed by atoms with Gasteiger partial charge >= 0.3 is 0 Å². The molecular formula is C13H25ClN2O. The molecule has 0 spiro atoms. The Balaban J connectivity index is 2.43. The van der Waals surface area contributed by atoms with E-state index >= 15 is 0 Å². The van der Waals surface area contributed by atoms with Gasteiger partial charge in [-0.05, 0) is 18.4 Å². The quantitative estimate of drug-likeness (QED) is 0.727. The molecule has 0 saturated carbocycles. The lowest BCUT2D eigenvalue weighted by Crippen LogP contribution is -2.37. The van der Waals surface area contributed by atoms with Crippen molar-refractivity contribution in [2.24, 2.45) is 5.41 Å². The minimum absolute atomic E-state index is 0.0826. The van der Waals surface area contributed by atoms with Gasteiger partial charge < -0.3 is 9.80 Å². The Hall–Kier alpha value is -0.280. The van der Waals surface area contributed by atoms with Gasteiger partial charge in [-0.25, -0.2) is 0 Å². The Labute approximate surface area is 110 Å². The van der Waals surface area contributed by atoms with E-state index < -0.39 is 0 Å². The lowest BCUT2D eigenvalue weighted by molar-refractivity contribution is -0.132. The van der Waals surface area contributed by atoms with Crippen molar-refractivity contribution in [1.29, 1.82) is 0 Å². The fourth-order valence-corrected chi connectivity index (χ4v) is 2.37. The smallest absolute Gasteiger partial charge is 0.223 e. The Kier molecular flexibility index (Phi) is 5.74. The second kappa shape index (κ2) is 6.60. The van der Waals surface area contributed by atoms with Gasteiger partial charge in [0.1, 0.15) is 0 Å². The minimum Gasteiger partial charge on any atom is -0.341 e. The second-order valence-electron chi connectivity index (χ2n) is 6.00. The number of carbonyl (C=O) groups excluding carboxylic acids is 1. The molecule has 1 aliphatic rings. The van der Waals surface area contributed by atoms with Crippen molar-refractivity contribution in [3.63, 3.8) is 0 Å². The molecule has 0 aromatic rings. The maximum Gasteiger partial charge on any atom is 0.223 e. The number of carbonyl (C=O) groups is 1. The van der Waals surface area contributed by atoms with Gasteiger partial charge in [0.2, 0.25) is 5.91 Å². The number of nitrogens with zero attached hydrogens (tertiary/aromatic N) is 2. The van der Waals surface area contributed by atoms with E-state index in [-0.39, 0.29) is 5.41 Å². The van der Waals surface area contributed by atoms with Gasteiger partial charge in [-0.1, -0.05) is 20.8 Å². The van der Waals surface area contributed by atoms with Crippen LogP contribution in [0.2, 0.25) is 0 Å². The third kappa shape index (κ3) is 5.73. The summed E-state index contributed by atoms with van der Waals surface area (Å²) in [6, 6.07) is 0. The van der Waals surface area contributed by atoms with Crippen LogP contribution in [-0.4, -0.2) is 54.3 Å². The second-order valence-corrected chi connectivity index (χ2v) is 6.38. The van der Waals surface area contributed by atoms with Gasteiger partial charge in [-0.3, -0.25) is 4.79 Å². The standard InChI is InChI=1S/C13H25ClN2O/c1-13(2,3)11-12(17)16-7-4-6-15(8-5-14)9-10-16/h4-11H2,1-3H3. The average Bonchev–Trinajstić information content (AvgIpc) is 2.41. The summed E-state index contributed by atoms with van der Waals surface area (Å²) in [5, 5.41) is 0. The van der Waals surface area contributed by atoms with E-state index in [1.807, 2.05) is 4.90 Å². The zero-order chi connectivity index (χ0) is 12.9. The monoisotopic (exact) mass is 260 g/mol. The third-order valence-corrected chi connectivity index (χ3v) is 3.19. The van der Waals surface area contributed by atoms with E-state index in [0.29, 0.717) is 18.2 Å². The van der Waals surface area contributed by atoms with Crippen molar-refractivity contribution < 1.29 is 4.79 Å². The fraction of sp³-hybridized carbons (Fsp3) is 0.923. The lowest BCUT2D eigenvalue weighted by Gasteiger charge is -2.25. The Morgan fingerprint density at radius 1 is 1.18 bits per heavy atom. The molecule has 1 saturated heterocycles. The highest BCUT2D eigenvalue weighted by molar-refractivity contribution is 6.18. The SMILES string of the molecule is CC(C)(C)CC(=O)N1CCCN(CCCl)CC1. The molecule has 3 nitrogen and oxygen atoms in total. The van der Waals surface area contributed by atoms with Crippen LogP contribution in [0.3, 0.4) is 0 Å². The van der Waals surface area contributed by atoms with Gasteiger partial charge in [0.25, 0.3) is 0 Å². The van der Waals surface area contributed by atoms with Crippen LogP contribution in [0, 0.1) is 5.41 Å². The van der Waals surface area contributed by atoms with Gasteiger partial charge in [0, 0.05) is 38.5 Å². The van der Waals surface area contributed by atoms with Gasteiger partial charge in [-0.2, -0.15) is 0 Å². The van der Waals surface area contributed by atoms with Crippen molar-refractivity contribution >= 4 is 17.5 Å². The Morgan fingerprint density at radius 2 is 1.88 bits per heavy atom. The number of rotatable bonds is 3. The van der Waals surface area contributed by atoms with E-state index in [0.717, 1.165) is 39.1 Å². The summed E-state index contributed by atoms with van der Waals surface area (Å²) in [6.07, 6.45) is 1.70. The van der Waals surface area contributed by atoms with Crippen molar-refractivity contribution in [1.82, 2.24) is 9.80 Å². The predicted octanol–water partition coefficient (Wildman–Crippen LogP) is 2.20. The maximum atomic E-state index is 12.1. The molecule has 1 heterocycles. The summed E-state index contributed by atoms with van der Waals surface area (Å²) in [5.74, 6) is 0.973. The predicted molar refractivity (Wildman–Crippen MR) is 72.4 cm³/mol. The van der Waals surface area contributed by atoms with E-state index in [1.165, 1.54) is 0 Å². The van der Waals surface area contributed by atoms with Crippen LogP contribution in [0.5, 0.6) is 0 Å². The van der Waals surface area contributed by atoms with Crippen molar-refractivity contribution in [2.75, 3.05) is 38.6 Å². The van der Waals surface area contributed by atoms with E-state index in [9.17, 15) is 4.79 Å². The van der Waals surface area contributed by atoms with Gasteiger partial charge in [0.05, 0.1) is 0 Å². The van der Waals surface area contributed by atoms with Gasteiger partial charge in [-0.15, -0.1) is 11.6 Å². The molecule has 1 fully saturated rings. The molecule has 1 amide bonds. The van der Waals surface area contributed by atoms with Crippen molar-refractivity contribution in [3.05, 3.63) is 0 Å². The molecule has 17 heavy (non-hydrogen) atoms. The molecule has 1 rings (SSSR count). The van der Waals surface area contributed by atoms with Crippen LogP contribution in [0.25, 0.3) is 0 Å². The van der Waals surface area contributed by atoms with Crippen LogP contribution >= 0.6 is 11.6 Å². The summed E-state index contributed by atoms with van der Waals surface area (Å²) in [6.45, 7) is 11.0. The van der Waals surface area contributed by atoms with E-state index in [2.05, 4.69) is 25.7 Å². The average molecular weight is 261 g/mol. The number of amides is 1. The van der Waals surface area contributed by atoms with E-state index in [4.69, 9.17) is 11.6 Å². The fourth-order valence-electron chi connectivity index (χ4n) is 2.13. The molecule has 0 atom stereocenters. The highest BCUT2D eigenvalue weighted by atomic mass is 35.5. The first-order valence-electron chi connectivity index (χ1n) is 6.48. The number of alkyl halides is 1. The normalized spacial score (nSPS) is 19.2. The molecule has 1 aliphatic heterocycles. The Bertz CT molecular complexity index is 250. The first kappa shape index (κ1) is 14.8. The topological polar surface area (TPSA) is 23.6 Å². The van der Waals surface area contributed by atoms with Crippen LogP contribution in [-0.2, 0) is 4.79 Å². The maximum absolute atomic E-state index is 12.1. The van der Waals surface area contributed by atoms with Crippen molar-refractivity contribution in [2.45, 2.75) is 33.6 Å². The minimum atomic E-state index is 0.0826. The third-order valence-electron chi connectivity index (χ3n) is 3.02.